The maximum Gasteiger partial charge on any atom is 0.326 e. The average Bonchev–Trinajstić information content (AvgIpc) is 2.98. The van der Waals surface area contributed by atoms with E-state index in [-0.39, 0.29) is 5.95 Å². The summed E-state index contributed by atoms with van der Waals surface area (Å²) in [6, 6.07) is 9.66. The summed E-state index contributed by atoms with van der Waals surface area (Å²) in [5.74, 6) is 1.20. The first-order valence-electron chi connectivity index (χ1n) is 6.92. The Kier molecular flexibility index (Phi) is 4.39. The highest BCUT2D eigenvalue weighted by Crippen LogP contribution is 2.28. The van der Waals surface area contributed by atoms with Gasteiger partial charge in [0.1, 0.15) is 5.75 Å². The molecule has 124 valence electrons. The van der Waals surface area contributed by atoms with Crippen molar-refractivity contribution in [3.63, 3.8) is 0 Å². The first-order chi connectivity index (χ1) is 11.6. The van der Waals surface area contributed by atoms with Crippen LogP contribution in [0, 0.1) is 0 Å². The molecule has 3 rings (SSSR count). The molecule has 0 unspecified atom stereocenters. The Hall–Kier alpha value is -3.00. The summed E-state index contributed by atoms with van der Waals surface area (Å²) in [4.78, 5) is 12.3. The van der Waals surface area contributed by atoms with Gasteiger partial charge >= 0.3 is 6.03 Å². The summed E-state index contributed by atoms with van der Waals surface area (Å²) in [7, 11) is 3.03. The summed E-state index contributed by atoms with van der Waals surface area (Å²) >= 11 is 5.95. The molecule has 0 saturated carbocycles. The molecule has 1 aromatic carbocycles. The van der Waals surface area contributed by atoms with Crippen LogP contribution in [-0.2, 0) is 0 Å². The smallest absolute Gasteiger partial charge is 0.326 e. The highest BCUT2D eigenvalue weighted by atomic mass is 35.5. The summed E-state index contributed by atoms with van der Waals surface area (Å²) < 4.78 is 12.0. The van der Waals surface area contributed by atoms with Crippen molar-refractivity contribution in [2.24, 2.45) is 0 Å². The molecule has 0 aliphatic carbocycles. The van der Waals surface area contributed by atoms with Crippen molar-refractivity contribution in [2.45, 2.75) is 0 Å². The van der Waals surface area contributed by atoms with Crippen LogP contribution in [0.3, 0.4) is 0 Å². The van der Waals surface area contributed by atoms with E-state index in [0.29, 0.717) is 28.0 Å². The Morgan fingerprint density at radius 2 is 1.96 bits per heavy atom. The normalized spacial score (nSPS) is 10.5. The van der Waals surface area contributed by atoms with E-state index in [0.717, 1.165) is 0 Å². The van der Waals surface area contributed by atoms with Gasteiger partial charge < -0.3 is 14.8 Å². The zero-order valence-corrected chi connectivity index (χ0v) is 13.7. The summed E-state index contributed by atoms with van der Waals surface area (Å²) in [5, 5.41) is 13.7. The van der Waals surface area contributed by atoms with Gasteiger partial charge in [-0.2, -0.15) is 0 Å². The Morgan fingerprint density at radius 3 is 2.71 bits per heavy atom. The van der Waals surface area contributed by atoms with Crippen molar-refractivity contribution < 1.29 is 14.3 Å². The monoisotopic (exact) mass is 347 g/mol. The standard InChI is InChI=1S/C15H14ClN5O3/c1-23-11-7-6-9(16)8-10(11)17-15(22)18-14-20-19-12-4-3-5-13(24-2)21(12)14/h3-8H,1-2H3,(H2,17,18,20,22). The molecule has 2 heterocycles. The van der Waals surface area contributed by atoms with E-state index in [4.69, 9.17) is 21.1 Å². The number of amides is 2. The molecule has 0 fully saturated rings. The van der Waals surface area contributed by atoms with Gasteiger partial charge in [0.25, 0.3) is 0 Å². The van der Waals surface area contributed by atoms with Crippen LogP contribution in [0.25, 0.3) is 5.65 Å². The molecule has 9 heteroatoms. The third-order valence-corrected chi connectivity index (χ3v) is 3.47. The molecular weight excluding hydrogens is 334 g/mol. The van der Waals surface area contributed by atoms with E-state index in [1.165, 1.54) is 14.2 Å². The van der Waals surface area contributed by atoms with E-state index < -0.39 is 6.03 Å². The van der Waals surface area contributed by atoms with E-state index in [1.807, 2.05) is 0 Å². The highest BCUT2D eigenvalue weighted by molar-refractivity contribution is 6.31. The zero-order chi connectivity index (χ0) is 17.1. The maximum atomic E-state index is 12.3. The minimum Gasteiger partial charge on any atom is -0.495 e. The first-order valence-corrected chi connectivity index (χ1v) is 7.30. The molecule has 0 spiro atoms. The molecule has 0 radical (unpaired) electrons. The maximum absolute atomic E-state index is 12.3. The van der Waals surface area contributed by atoms with Gasteiger partial charge in [-0.05, 0) is 30.3 Å². The Bertz CT molecular complexity index is 896. The van der Waals surface area contributed by atoms with E-state index >= 15 is 0 Å². The van der Waals surface area contributed by atoms with Gasteiger partial charge in [-0.1, -0.05) is 17.7 Å². The predicted octanol–water partition coefficient (Wildman–Crippen LogP) is 3.04. The third-order valence-electron chi connectivity index (χ3n) is 3.24. The number of rotatable bonds is 4. The fourth-order valence-electron chi connectivity index (χ4n) is 2.19. The van der Waals surface area contributed by atoms with Crippen molar-refractivity contribution in [1.29, 1.82) is 0 Å². The fraction of sp³-hybridized carbons (Fsp3) is 0.133. The second kappa shape index (κ2) is 6.63. The number of aromatic nitrogens is 3. The molecule has 8 nitrogen and oxygen atoms in total. The molecule has 2 aromatic heterocycles. The number of fused-ring (bicyclic) bond motifs is 1. The predicted molar refractivity (Wildman–Crippen MR) is 90.2 cm³/mol. The molecule has 0 saturated heterocycles. The molecule has 3 aromatic rings. The molecule has 24 heavy (non-hydrogen) atoms. The van der Waals surface area contributed by atoms with Gasteiger partial charge in [-0.15, -0.1) is 10.2 Å². The van der Waals surface area contributed by atoms with Gasteiger partial charge in [0.15, 0.2) is 5.65 Å². The third kappa shape index (κ3) is 3.04. The number of halogens is 1. The molecule has 0 atom stereocenters. The molecule has 0 bridgehead atoms. The van der Waals surface area contributed by atoms with Crippen LogP contribution >= 0.6 is 11.6 Å². The Morgan fingerprint density at radius 1 is 1.12 bits per heavy atom. The number of anilines is 2. The number of hydrogen-bond acceptors (Lipinski definition) is 5. The van der Waals surface area contributed by atoms with Crippen LogP contribution in [0.4, 0.5) is 16.4 Å². The van der Waals surface area contributed by atoms with Crippen LogP contribution in [0.15, 0.2) is 36.4 Å². The van der Waals surface area contributed by atoms with Crippen molar-refractivity contribution in [3.05, 3.63) is 41.4 Å². The molecule has 0 aliphatic heterocycles. The van der Waals surface area contributed by atoms with E-state index in [1.54, 1.807) is 40.8 Å². The van der Waals surface area contributed by atoms with Crippen LogP contribution in [-0.4, -0.2) is 34.8 Å². The lowest BCUT2D eigenvalue weighted by atomic mass is 10.3. The van der Waals surface area contributed by atoms with Gasteiger partial charge in [0, 0.05) is 5.02 Å². The number of ether oxygens (including phenoxy) is 2. The number of methoxy groups -OCH3 is 2. The van der Waals surface area contributed by atoms with Gasteiger partial charge in [0.2, 0.25) is 11.8 Å². The summed E-state index contributed by atoms with van der Waals surface area (Å²) in [5.41, 5.74) is 0.980. The number of benzene rings is 1. The molecule has 2 N–H and O–H groups in total. The average molecular weight is 348 g/mol. The number of carbonyl (C=O) groups is 1. The Balaban J connectivity index is 1.85. The zero-order valence-electron chi connectivity index (χ0n) is 12.9. The lowest BCUT2D eigenvalue weighted by Gasteiger charge is -2.11. The van der Waals surface area contributed by atoms with Crippen LogP contribution in [0.1, 0.15) is 0 Å². The number of nitrogens with one attached hydrogen (secondary N) is 2. The first kappa shape index (κ1) is 15.9. The Labute approximate surface area is 142 Å². The van der Waals surface area contributed by atoms with E-state index in [2.05, 4.69) is 20.8 Å². The largest absolute Gasteiger partial charge is 0.495 e. The number of hydrogen-bond donors (Lipinski definition) is 2. The number of carbonyl (C=O) groups excluding carboxylic acids is 1. The topological polar surface area (TPSA) is 89.8 Å². The van der Waals surface area contributed by atoms with E-state index in [9.17, 15) is 4.79 Å². The lowest BCUT2D eigenvalue weighted by Crippen LogP contribution is -2.21. The summed E-state index contributed by atoms with van der Waals surface area (Å²) in [6.45, 7) is 0. The van der Waals surface area contributed by atoms with Crippen LogP contribution in [0.5, 0.6) is 11.6 Å². The van der Waals surface area contributed by atoms with Crippen molar-refractivity contribution in [3.8, 4) is 11.6 Å². The minimum absolute atomic E-state index is 0.223. The SMILES string of the molecule is COc1ccc(Cl)cc1NC(=O)Nc1nnc2cccc(OC)n12. The molecular formula is C15H14ClN5O3. The van der Waals surface area contributed by atoms with Crippen molar-refractivity contribution >= 4 is 34.9 Å². The second-order valence-electron chi connectivity index (χ2n) is 4.71. The van der Waals surface area contributed by atoms with Crippen molar-refractivity contribution in [1.82, 2.24) is 14.6 Å². The highest BCUT2D eigenvalue weighted by Gasteiger charge is 2.14. The quantitative estimate of drug-likeness (QED) is 0.757. The van der Waals surface area contributed by atoms with Gasteiger partial charge in [-0.25, -0.2) is 9.20 Å². The summed E-state index contributed by atoms with van der Waals surface area (Å²) in [6.07, 6.45) is 0. The second-order valence-corrected chi connectivity index (χ2v) is 5.15. The fourth-order valence-corrected chi connectivity index (χ4v) is 2.36. The number of urea groups is 1. The van der Waals surface area contributed by atoms with Gasteiger partial charge in [0.05, 0.1) is 19.9 Å². The van der Waals surface area contributed by atoms with Gasteiger partial charge in [-0.3, -0.25) is 5.32 Å². The molecule has 0 aliphatic rings. The lowest BCUT2D eigenvalue weighted by molar-refractivity contribution is 0.262. The van der Waals surface area contributed by atoms with Crippen LogP contribution < -0.4 is 20.1 Å². The van der Waals surface area contributed by atoms with Crippen LogP contribution in [0.2, 0.25) is 5.02 Å². The van der Waals surface area contributed by atoms with Crippen molar-refractivity contribution in [2.75, 3.05) is 24.9 Å². The molecule has 2 amide bonds. The number of nitrogens with zero attached hydrogens (tertiary/aromatic N) is 3. The number of pyridine rings is 1. The minimum atomic E-state index is -0.518.